The fourth-order valence-corrected chi connectivity index (χ4v) is 2.61. The number of nitrogens with zero attached hydrogens (tertiary/aromatic N) is 1. The third kappa shape index (κ3) is 4.22. The summed E-state index contributed by atoms with van der Waals surface area (Å²) in [6, 6.07) is 11.0. The van der Waals surface area contributed by atoms with Crippen LogP contribution in [-0.2, 0) is 11.3 Å². The Hall–Kier alpha value is -1.06. The van der Waals surface area contributed by atoms with Crippen molar-refractivity contribution in [2.24, 2.45) is 0 Å². The highest BCUT2D eigenvalue weighted by molar-refractivity contribution is 6.18. The van der Waals surface area contributed by atoms with E-state index >= 15 is 0 Å². The van der Waals surface area contributed by atoms with Crippen LogP contribution in [0, 0.1) is 0 Å². The van der Waals surface area contributed by atoms with Gasteiger partial charge in [0, 0.05) is 37.5 Å². The minimum atomic E-state index is 0.170. The van der Waals surface area contributed by atoms with Crippen molar-refractivity contribution < 1.29 is 4.79 Å². The number of hydrogen-bond donors (Lipinski definition) is 1. The van der Waals surface area contributed by atoms with E-state index in [1.54, 1.807) is 0 Å². The number of halogens is 1. The maximum atomic E-state index is 11.3. The zero-order valence-electron chi connectivity index (χ0n) is 11.3. The van der Waals surface area contributed by atoms with Gasteiger partial charge in [-0.05, 0) is 18.9 Å². The number of benzene rings is 1. The molecule has 0 bridgehead atoms. The molecule has 1 aromatic carbocycles. The van der Waals surface area contributed by atoms with E-state index in [0.29, 0.717) is 18.3 Å². The molecule has 19 heavy (non-hydrogen) atoms. The molecular formula is C15H21ClN2O. The number of alkyl halides is 1. The first-order chi connectivity index (χ1) is 9.19. The van der Waals surface area contributed by atoms with Gasteiger partial charge in [0.1, 0.15) is 0 Å². The number of carbonyl (C=O) groups is 1. The van der Waals surface area contributed by atoms with Gasteiger partial charge in [0.2, 0.25) is 5.91 Å². The Morgan fingerprint density at radius 1 is 1.42 bits per heavy atom. The van der Waals surface area contributed by atoms with Crippen LogP contribution in [0.2, 0.25) is 0 Å². The lowest BCUT2D eigenvalue weighted by atomic mass is 10.1. The van der Waals surface area contributed by atoms with Gasteiger partial charge < -0.3 is 5.32 Å². The van der Waals surface area contributed by atoms with Crippen molar-refractivity contribution >= 4 is 17.5 Å². The molecule has 0 saturated carbocycles. The van der Waals surface area contributed by atoms with Crippen LogP contribution in [0.3, 0.4) is 0 Å². The Morgan fingerprint density at radius 2 is 2.16 bits per heavy atom. The van der Waals surface area contributed by atoms with Crippen molar-refractivity contribution in [3.63, 3.8) is 0 Å². The Labute approximate surface area is 119 Å². The quantitative estimate of drug-likeness (QED) is 0.812. The molecule has 1 aliphatic heterocycles. The van der Waals surface area contributed by atoms with E-state index in [4.69, 9.17) is 11.6 Å². The number of nitrogens with one attached hydrogen (secondary N) is 1. The van der Waals surface area contributed by atoms with Gasteiger partial charge in [0.25, 0.3) is 0 Å². The lowest BCUT2D eigenvalue weighted by Crippen LogP contribution is -2.43. The van der Waals surface area contributed by atoms with Crippen LogP contribution in [0.1, 0.15) is 25.3 Å². The minimum Gasteiger partial charge on any atom is -0.352 e. The van der Waals surface area contributed by atoms with Gasteiger partial charge in [-0.15, -0.1) is 11.6 Å². The van der Waals surface area contributed by atoms with Gasteiger partial charge in [-0.25, -0.2) is 0 Å². The second-order valence-electron chi connectivity index (χ2n) is 5.22. The van der Waals surface area contributed by atoms with Gasteiger partial charge in [-0.2, -0.15) is 0 Å². The third-order valence-corrected chi connectivity index (χ3v) is 4.06. The first-order valence-electron chi connectivity index (χ1n) is 6.82. The second-order valence-corrected chi connectivity index (χ2v) is 5.53. The van der Waals surface area contributed by atoms with Crippen LogP contribution >= 0.6 is 11.6 Å². The van der Waals surface area contributed by atoms with E-state index < -0.39 is 0 Å². The van der Waals surface area contributed by atoms with Crippen molar-refractivity contribution in [3.05, 3.63) is 35.9 Å². The summed E-state index contributed by atoms with van der Waals surface area (Å²) >= 11 is 6.00. The molecule has 104 valence electrons. The Bertz CT molecular complexity index is 410. The highest BCUT2D eigenvalue weighted by Gasteiger charge is 2.24. The largest absolute Gasteiger partial charge is 0.352 e. The predicted molar refractivity (Wildman–Crippen MR) is 78.2 cm³/mol. The lowest BCUT2D eigenvalue weighted by molar-refractivity contribution is -0.119. The van der Waals surface area contributed by atoms with Gasteiger partial charge in [-0.3, -0.25) is 9.69 Å². The molecule has 0 aliphatic carbocycles. The summed E-state index contributed by atoms with van der Waals surface area (Å²) in [7, 11) is 0. The van der Waals surface area contributed by atoms with Gasteiger partial charge in [0.05, 0.1) is 0 Å². The van der Waals surface area contributed by atoms with E-state index in [1.807, 2.05) is 6.07 Å². The average molecular weight is 281 g/mol. The van der Waals surface area contributed by atoms with Gasteiger partial charge in [-0.1, -0.05) is 30.3 Å². The summed E-state index contributed by atoms with van der Waals surface area (Å²) < 4.78 is 0. The Kier molecular flexibility index (Phi) is 5.23. The molecule has 0 spiro atoms. The Balaban J connectivity index is 1.97. The van der Waals surface area contributed by atoms with Crippen molar-refractivity contribution in [1.82, 2.24) is 10.2 Å². The van der Waals surface area contributed by atoms with Crippen LogP contribution in [0.4, 0.5) is 0 Å². The summed E-state index contributed by atoms with van der Waals surface area (Å²) in [4.78, 5) is 13.6. The Morgan fingerprint density at radius 3 is 2.74 bits per heavy atom. The third-order valence-electron chi connectivity index (χ3n) is 3.62. The molecule has 1 fully saturated rings. The number of hydrogen-bond acceptors (Lipinski definition) is 2. The maximum Gasteiger partial charge on any atom is 0.220 e. The first kappa shape index (κ1) is 14.4. The first-order valence-corrected chi connectivity index (χ1v) is 7.36. The molecule has 1 aliphatic rings. The average Bonchev–Trinajstić information content (AvgIpc) is 2.84. The van der Waals surface area contributed by atoms with Crippen LogP contribution in [0.25, 0.3) is 0 Å². The molecule has 1 amide bonds. The van der Waals surface area contributed by atoms with Crippen molar-refractivity contribution in [2.45, 2.75) is 38.4 Å². The monoisotopic (exact) mass is 280 g/mol. The van der Waals surface area contributed by atoms with E-state index in [-0.39, 0.29) is 11.9 Å². The van der Waals surface area contributed by atoms with E-state index in [9.17, 15) is 4.79 Å². The normalized spacial score (nSPS) is 20.6. The fraction of sp³-hybridized carbons (Fsp3) is 0.533. The summed E-state index contributed by atoms with van der Waals surface area (Å²) in [6.07, 6.45) is 1.58. The SMILES string of the molecule is C[C@@H](CCl)N(Cc1ccccc1)CC1CCC(=O)N1. The van der Waals surface area contributed by atoms with Gasteiger partial charge >= 0.3 is 0 Å². The molecule has 2 atom stereocenters. The molecule has 2 rings (SSSR count). The molecule has 1 unspecified atom stereocenters. The predicted octanol–water partition coefficient (Wildman–Crippen LogP) is 2.39. The molecule has 3 nitrogen and oxygen atoms in total. The smallest absolute Gasteiger partial charge is 0.220 e. The zero-order chi connectivity index (χ0) is 13.7. The highest BCUT2D eigenvalue weighted by Crippen LogP contribution is 2.14. The number of rotatable bonds is 6. The van der Waals surface area contributed by atoms with Gasteiger partial charge in [0.15, 0.2) is 0 Å². The maximum absolute atomic E-state index is 11.3. The molecule has 1 aromatic rings. The molecule has 4 heteroatoms. The molecule has 1 heterocycles. The molecule has 0 aromatic heterocycles. The topological polar surface area (TPSA) is 32.3 Å². The van der Waals surface area contributed by atoms with E-state index in [1.165, 1.54) is 5.56 Å². The summed E-state index contributed by atoms with van der Waals surface area (Å²) in [5.74, 6) is 0.774. The van der Waals surface area contributed by atoms with Crippen LogP contribution < -0.4 is 5.32 Å². The lowest BCUT2D eigenvalue weighted by Gasteiger charge is -2.30. The summed E-state index contributed by atoms with van der Waals surface area (Å²) in [5.41, 5.74) is 1.28. The number of carbonyl (C=O) groups excluding carboxylic acids is 1. The van der Waals surface area contributed by atoms with Crippen LogP contribution in [0.5, 0.6) is 0 Å². The minimum absolute atomic E-state index is 0.170. The number of amides is 1. The molecule has 1 saturated heterocycles. The summed E-state index contributed by atoms with van der Waals surface area (Å²) in [6.45, 7) is 3.88. The van der Waals surface area contributed by atoms with E-state index in [2.05, 4.69) is 41.4 Å². The molecule has 1 N–H and O–H groups in total. The van der Waals surface area contributed by atoms with E-state index in [0.717, 1.165) is 19.5 Å². The van der Waals surface area contributed by atoms with Crippen LogP contribution in [-0.4, -0.2) is 35.3 Å². The second kappa shape index (κ2) is 6.92. The van der Waals surface area contributed by atoms with Crippen molar-refractivity contribution in [1.29, 1.82) is 0 Å². The molecular weight excluding hydrogens is 260 g/mol. The fourth-order valence-electron chi connectivity index (χ4n) is 2.41. The highest BCUT2D eigenvalue weighted by atomic mass is 35.5. The standard InChI is InChI=1S/C15H21ClN2O/c1-12(9-16)18(10-13-5-3-2-4-6-13)11-14-7-8-15(19)17-14/h2-6,12,14H,7-11H2,1H3,(H,17,19)/t12-,14?/m0/s1. The summed E-state index contributed by atoms with van der Waals surface area (Å²) in [5, 5.41) is 3.03. The molecule has 0 radical (unpaired) electrons. The van der Waals surface area contributed by atoms with Crippen molar-refractivity contribution in [3.8, 4) is 0 Å². The zero-order valence-corrected chi connectivity index (χ0v) is 12.1. The van der Waals surface area contributed by atoms with Crippen LogP contribution in [0.15, 0.2) is 30.3 Å². The van der Waals surface area contributed by atoms with Crippen molar-refractivity contribution in [2.75, 3.05) is 12.4 Å².